The molecule has 0 spiro atoms. The summed E-state index contributed by atoms with van der Waals surface area (Å²) in [5.74, 6) is 0.954. The normalized spacial score (nSPS) is 21.9. The van der Waals surface area contributed by atoms with Crippen molar-refractivity contribution >= 4 is 11.4 Å². The quantitative estimate of drug-likeness (QED) is 0.345. The highest BCUT2D eigenvalue weighted by atomic mass is 16.7. The Labute approximate surface area is 197 Å². The van der Waals surface area contributed by atoms with Gasteiger partial charge in [0.25, 0.3) is 0 Å². The van der Waals surface area contributed by atoms with Crippen LogP contribution in [0, 0.1) is 6.92 Å². The van der Waals surface area contributed by atoms with Crippen molar-refractivity contribution in [3.05, 3.63) is 53.3 Å². The molecule has 1 aliphatic heterocycles. The number of ether oxygens (including phenoxy) is 3. The van der Waals surface area contributed by atoms with Crippen LogP contribution in [-0.4, -0.2) is 62.6 Å². The van der Waals surface area contributed by atoms with E-state index >= 15 is 0 Å². The van der Waals surface area contributed by atoms with Gasteiger partial charge in [0.15, 0.2) is 17.7 Å². The fourth-order valence-electron chi connectivity index (χ4n) is 4.50. The lowest BCUT2D eigenvalue weighted by Crippen LogP contribution is -2.62. The summed E-state index contributed by atoms with van der Waals surface area (Å²) in [6.45, 7) is 3.78. The van der Waals surface area contributed by atoms with Crippen molar-refractivity contribution in [2.24, 2.45) is 7.05 Å². The Balaban J connectivity index is 1.93. The zero-order chi connectivity index (χ0) is 24.6. The molecule has 0 fully saturated rings. The number of fused-ring (bicyclic) bond motifs is 1. The summed E-state index contributed by atoms with van der Waals surface area (Å²) in [5.41, 5.74) is 7.38. The van der Waals surface area contributed by atoms with Gasteiger partial charge in [-0.25, -0.2) is 0 Å². The first-order valence-corrected chi connectivity index (χ1v) is 10.8. The van der Waals surface area contributed by atoms with Gasteiger partial charge in [0.1, 0.15) is 17.6 Å². The molecule has 0 bridgehead atoms. The van der Waals surface area contributed by atoms with Gasteiger partial charge in [0.2, 0.25) is 0 Å². The standard InChI is InChI=1S/C23H30N6O5/c1-13-6-8-17(30)16(10-13)29(12-19-25-27-28(3)26-19)20-15-11-14(24)7-9-18(15)34-23(2,21(20)31)22(32-4)33-5/h6-11,20-22,30-31H,12,24H2,1-5H3/t20-,21+,23-/m0/s1. The van der Waals surface area contributed by atoms with E-state index in [-0.39, 0.29) is 12.3 Å². The molecule has 0 unspecified atom stereocenters. The van der Waals surface area contributed by atoms with Crippen molar-refractivity contribution in [1.29, 1.82) is 0 Å². The molecule has 1 aliphatic rings. The van der Waals surface area contributed by atoms with Crippen molar-refractivity contribution in [2.45, 2.75) is 44.4 Å². The third-order valence-electron chi connectivity index (χ3n) is 6.10. The number of hydrogen-bond donors (Lipinski definition) is 3. The highest BCUT2D eigenvalue weighted by Gasteiger charge is 2.54. The Morgan fingerprint density at radius 1 is 1.24 bits per heavy atom. The lowest BCUT2D eigenvalue weighted by molar-refractivity contribution is -0.237. The number of nitrogens with two attached hydrogens (primary N) is 1. The number of aliphatic hydroxyl groups is 1. The zero-order valence-electron chi connectivity index (χ0n) is 19.8. The van der Waals surface area contributed by atoms with Crippen LogP contribution in [0.4, 0.5) is 11.4 Å². The molecule has 0 saturated carbocycles. The molecule has 4 N–H and O–H groups in total. The highest BCUT2D eigenvalue weighted by Crippen LogP contribution is 2.48. The smallest absolute Gasteiger partial charge is 0.199 e. The molecule has 182 valence electrons. The van der Waals surface area contributed by atoms with E-state index < -0.39 is 24.0 Å². The Kier molecular flexibility index (Phi) is 6.34. The molecular weight excluding hydrogens is 440 g/mol. The third kappa shape index (κ3) is 4.13. The number of anilines is 2. The van der Waals surface area contributed by atoms with Gasteiger partial charge < -0.3 is 35.1 Å². The second kappa shape index (κ2) is 9.09. The summed E-state index contributed by atoms with van der Waals surface area (Å²) in [6, 6.07) is 9.74. The fraction of sp³-hybridized carbons (Fsp3) is 0.435. The number of nitrogen functional groups attached to an aromatic ring is 1. The van der Waals surface area contributed by atoms with Crippen LogP contribution >= 0.6 is 0 Å². The van der Waals surface area contributed by atoms with Crippen LogP contribution in [0.5, 0.6) is 11.5 Å². The van der Waals surface area contributed by atoms with Crippen LogP contribution in [0.3, 0.4) is 0 Å². The van der Waals surface area contributed by atoms with Gasteiger partial charge in [-0.3, -0.25) is 0 Å². The van der Waals surface area contributed by atoms with Crippen molar-refractivity contribution in [3.63, 3.8) is 0 Å². The SMILES string of the molecule is COC(OC)[C@@]1(C)Oc2ccc(N)cc2[C@H](N(Cc2nnn(C)n2)c2cc(C)ccc2O)[C@H]1O. The maximum Gasteiger partial charge on any atom is 0.199 e. The zero-order valence-corrected chi connectivity index (χ0v) is 19.8. The molecule has 0 radical (unpaired) electrons. The van der Waals surface area contributed by atoms with Crippen LogP contribution in [0.1, 0.15) is 29.9 Å². The summed E-state index contributed by atoms with van der Waals surface area (Å²) in [4.78, 5) is 3.18. The van der Waals surface area contributed by atoms with Crippen molar-refractivity contribution in [3.8, 4) is 11.5 Å². The molecule has 0 amide bonds. The minimum absolute atomic E-state index is 0.0374. The molecule has 1 aromatic heterocycles. The molecule has 3 aromatic rings. The maximum atomic E-state index is 11.8. The van der Waals surface area contributed by atoms with Gasteiger partial charge in [-0.1, -0.05) is 6.07 Å². The van der Waals surface area contributed by atoms with Gasteiger partial charge in [-0.05, 0) is 55.0 Å². The van der Waals surface area contributed by atoms with Gasteiger partial charge in [-0.2, -0.15) is 4.80 Å². The molecule has 0 saturated heterocycles. The molecule has 4 rings (SSSR count). The number of aromatic nitrogens is 4. The Morgan fingerprint density at radius 3 is 2.62 bits per heavy atom. The first-order chi connectivity index (χ1) is 16.2. The number of aliphatic hydroxyl groups excluding tert-OH is 1. The van der Waals surface area contributed by atoms with E-state index in [2.05, 4.69) is 15.4 Å². The summed E-state index contributed by atoms with van der Waals surface area (Å²) in [6.07, 6.45) is -2.07. The largest absolute Gasteiger partial charge is 0.506 e. The first-order valence-electron chi connectivity index (χ1n) is 10.8. The number of rotatable bonds is 7. The predicted molar refractivity (Wildman–Crippen MR) is 124 cm³/mol. The Morgan fingerprint density at radius 2 is 1.97 bits per heavy atom. The van der Waals surface area contributed by atoms with Crippen LogP contribution in [0.2, 0.25) is 0 Å². The molecule has 2 heterocycles. The number of nitrogens with zero attached hydrogens (tertiary/aromatic N) is 5. The third-order valence-corrected chi connectivity index (χ3v) is 6.10. The van der Waals surface area contributed by atoms with E-state index in [1.807, 2.05) is 17.9 Å². The number of hydrogen-bond acceptors (Lipinski definition) is 10. The average Bonchev–Trinajstić information content (AvgIpc) is 3.21. The number of aryl methyl sites for hydroxylation is 2. The molecule has 2 aromatic carbocycles. The second-order valence-electron chi connectivity index (χ2n) is 8.59. The highest BCUT2D eigenvalue weighted by molar-refractivity contribution is 5.63. The fourth-order valence-corrected chi connectivity index (χ4v) is 4.50. The minimum Gasteiger partial charge on any atom is -0.506 e. The number of phenolic OH excluding ortho intramolecular Hbond substituents is 1. The van der Waals surface area contributed by atoms with E-state index in [9.17, 15) is 10.2 Å². The monoisotopic (exact) mass is 470 g/mol. The first kappa shape index (κ1) is 23.7. The van der Waals surface area contributed by atoms with Crippen molar-refractivity contribution in [1.82, 2.24) is 20.2 Å². The van der Waals surface area contributed by atoms with E-state index in [1.165, 1.54) is 19.0 Å². The molecule has 0 aliphatic carbocycles. The predicted octanol–water partition coefficient (Wildman–Crippen LogP) is 1.69. The van der Waals surface area contributed by atoms with Crippen LogP contribution in [-0.2, 0) is 23.1 Å². The summed E-state index contributed by atoms with van der Waals surface area (Å²) < 4.78 is 17.3. The number of methoxy groups -OCH3 is 2. The van der Waals surface area contributed by atoms with Crippen LogP contribution in [0.15, 0.2) is 36.4 Å². The van der Waals surface area contributed by atoms with Gasteiger partial charge in [-0.15, -0.1) is 10.2 Å². The minimum atomic E-state index is -1.30. The Bertz CT molecular complexity index is 1170. The van der Waals surface area contributed by atoms with Crippen molar-refractivity contribution < 1.29 is 24.4 Å². The summed E-state index contributed by atoms with van der Waals surface area (Å²) in [5, 5.41) is 35.0. The van der Waals surface area contributed by atoms with Crippen molar-refractivity contribution in [2.75, 3.05) is 24.9 Å². The number of benzene rings is 2. The summed E-state index contributed by atoms with van der Waals surface area (Å²) >= 11 is 0. The van der Waals surface area contributed by atoms with Crippen LogP contribution < -0.4 is 15.4 Å². The Hall–Kier alpha value is -3.41. The molecule has 11 nitrogen and oxygen atoms in total. The number of tetrazole rings is 1. The lowest BCUT2D eigenvalue weighted by atomic mass is 9.83. The average molecular weight is 471 g/mol. The van der Waals surface area contributed by atoms with E-state index in [0.717, 1.165) is 5.56 Å². The van der Waals surface area contributed by atoms with E-state index in [0.29, 0.717) is 28.5 Å². The number of phenols is 1. The van der Waals surface area contributed by atoms with E-state index in [1.54, 1.807) is 44.3 Å². The van der Waals surface area contributed by atoms with Gasteiger partial charge in [0.05, 0.1) is 25.3 Å². The molecule has 11 heteroatoms. The number of aromatic hydroxyl groups is 1. The molecule has 34 heavy (non-hydrogen) atoms. The van der Waals surface area contributed by atoms with Crippen LogP contribution in [0.25, 0.3) is 0 Å². The maximum absolute atomic E-state index is 11.8. The lowest BCUT2D eigenvalue weighted by Gasteiger charge is -2.50. The molecule has 3 atom stereocenters. The molecular formula is C23H30N6O5. The second-order valence-corrected chi connectivity index (χ2v) is 8.59. The van der Waals surface area contributed by atoms with Gasteiger partial charge >= 0.3 is 0 Å². The van der Waals surface area contributed by atoms with Gasteiger partial charge in [0, 0.05) is 25.5 Å². The van der Waals surface area contributed by atoms with E-state index in [4.69, 9.17) is 19.9 Å². The topological polar surface area (TPSA) is 141 Å². The summed E-state index contributed by atoms with van der Waals surface area (Å²) in [7, 11) is 4.64.